The Morgan fingerprint density at radius 2 is 1.00 bits per heavy atom. The second-order valence-electron chi connectivity index (χ2n) is 7.67. The normalized spacial score (nSPS) is 11.9. The molecule has 0 spiro atoms. The van der Waals surface area contributed by atoms with Crippen LogP contribution in [-0.4, -0.2) is 35.7 Å². The Bertz CT molecular complexity index is 434. The molecule has 0 aliphatic carbocycles. The minimum Gasteiger partial charge on any atom is -0.549 e. The average Bonchev–Trinajstić information content (AvgIpc) is 2.61. The molecule has 0 amide bonds. The SMILES string of the molecule is CC(C)[O][Ti+2][O]C(C)C.CCCCC(C(C)=O)C(=O)[O-].CCCCC(C(C)=O)C(=O)[O-]. The number of carboxylic acid groups (broad SMARTS) is 2. The van der Waals surface area contributed by atoms with Crippen LogP contribution in [0.3, 0.4) is 0 Å². The van der Waals surface area contributed by atoms with E-state index in [2.05, 4.69) is 0 Å². The maximum atomic E-state index is 10.7. The van der Waals surface area contributed by atoms with Gasteiger partial charge in [0, 0.05) is 0 Å². The maximum absolute atomic E-state index is 10.7. The number of Topliss-reactive ketones (excluding diaryl/α,β-unsaturated/α-hetero) is 2. The van der Waals surface area contributed by atoms with Gasteiger partial charge in [0.2, 0.25) is 0 Å². The standard InChI is InChI=1S/2C8H14O3.2C3H7O.Ti/c2*1-3-4-5-7(6(2)9)8(10)11;2*1-3(2)4;/h2*7H,3-5H2,1-2H3,(H,10,11);2*3H,1-2H3;/q;;2*-1;+4/p-2. The van der Waals surface area contributed by atoms with Crippen LogP contribution < -0.4 is 10.2 Å². The predicted octanol–water partition coefficient (Wildman–Crippen LogP) is 2.01. The van der Waals surface area contributed by atoms with Crippen LogP contribution in [0.5, 0.6) is 0 Å². The molecule has 2 atom stereocenters. The Labute approximate surface area is 197 Å². The van der Waals surface area contributed by atoms with Crippen molar-refractivity contribution in [2.75, 3.05) is 0 Å². The van der Waals surface area contributed by atoms with Crippen molar-refractivity contribution in [1.82, 2.24) is 0 Å². The number of aliphatic carboxylic acids is 2. The number of ketones is 2. The summed E-state index contributed by atoms with van der Waals surface area (Å²) >= 11 is -0.574. The summed E-state index contributed by atoms with van der Waals surface area (Å²) in [7, 11) is 0. The monoisotopic (exact) mass is 480 g/mol. The predicted molar refractivity (Wildman–Crippen MR) is 110 cm³/mol. The second kappa shape index (κ2) is 22.1. The largest absolute Gasteiger partial charge is 0.549 e. The summed E-state index contributed by atoms with van der Waals surface area (Å²) in [6.45, 7) is 14.6. The van der Waals surface area contributed by atoms with Crippen LogP contribution in [0.2, 0.25) is 0 Å². The zero-order chi connectivity index (χ0) is 25.0. The van der Waals surface area contributed by atoms with Crippen LogP contribution in [-0.2, 0) is 45.7 Å². The summed E-state index contributed by atoms with van der Waals surface area (Å²) in [5.41, 5.74) is 0. The second-order valence-corrected chi connectivity index (χ2v) is 8.66. The van der Waals surface area contributed by atoms with Gasteiger partial charge in [-0.1, -0.05) is 39.5 Å². The molecule has 0 aromatic carbocycles. The van der Waals surface area contributed by atoms with E-state index in [4.69, 9.17) is 6.64 Å². The van der Waals surface area contributed by atoms with Gasteiger partial charge in [-0.3, -0.25) is 9.59 Å². The molecular formula is C22H40O8Ti. The number of rotatable bonds is 14. The first-order valence-electron chi connectivity index (χ1n) is 10.8. The molecule has 0 radical (unpaired) electrons. The van der Waals surface area contributed by atoms with Gasteiger partial charge < -0.3 is 19.8 Å². The van der Waals surface area contributed by atoms with Crippen molar-refractivity contribution in [2.24, 2.45) is 11.8 Å². The van der Waals surface area contributed by atoms with Gasteiger partial charge in [0.05, 0.1) is 23.8 Å². The molecule has 180 valence electrons. The van der Waals surface area contributed by atoms with Crippen molar-refractivity contribution in [2.45, 2.75) is 106 Å². The van der Waals surface area contributed by atoms with E-state index in [9.17, 15) is 29.4 Å². The molecule has 0 aliphatic heterocycles. The van der Waals surface area contributed by atoms with Crippen LogP contribution in [0.15, 0.2) is 0 Å². The summed E-state index contributed by atoms with van der Waals surface area (Å²) in [5, 5.41) is 20.6. The van der Waals surface area contributed by atoms with Crippen molar-refractivity contribution in [1.29, 1.82) is 0 Å². The molecule has 31 heavy (non-hydrogen) atoms. The van der Waals surface area contributed by atoms with Crippen molar-refractivity contribution >= 4 is 23.5 Å². The van der Waals surface area contributed by atoms with Gasteiger partial charge in [-0.05, 0) is 26.7 Å². The van der Waals surface area contributed by atoms with E-state index in [0.29, 0.717) is 25.0 Å². The van der Waals surface area contributed by atoms with Crippen LogP contribution in [0.25, 0.3) is 0 Å². The van der Waals surface area contributed by atoms with Crippen LogP contribution >= 0.6 is 0 Å². The number of unbranched alkanes of at least 4 members (excludes halogenated alkanes) is 2. The van der Waals surface area contributed by atoms with Gasteiger partial charge in [0.25, 0.3) is 0 Å². The fourth-order valence-corrected chi connectivity index (χ4v) is 2.70. The summed E-state index contributed by atoms with van der Waals surface area (Å²) in [6.07, 6.45) is 4.79. The van der Waals surface area contributed by atoms with E-state index >= 15 is 0 Å². The summed E-state index contributed by atoms with van der Waals surface area (Å²) in [5.74, 6) is -4.89. The maximum Gasteiger partial charge on any atom is 0.138 e. The third kappa shape index (κ3) is 25.1. The van der Waals surface area contributed by atoms with Crippen molar-refractivity contribution in [3.63, 3.8) is 0 Å². The number of carbonyl (C=O) groups excluding carboxylic acids is 4. The molecule has 0 bridgehead atoms. The van der Waals surface area contributed by atoms with E-state index in [1.165, 1.54) is 13.8 Å². The molecule has 0 heterocycles. The third-order valence-corrected chi connectivity index (χ3v) is 5.58. The van der Waals surface area contributed by atoms with Crippen LogP contribution in [0.1, 0.15) is 93.9 Å². The van der Waals surface area contributed by atoms with Crippen LogP contribution in [0.4, 0.5) is 0 Å². The zero-order valence-corrected chi connectivity index (χ0v) is 21.9. The minimum absolute atomic E-state index is 0.307. The molecule has 8 nitrogen and oxygen atoms in total. The fourth-order valence-electron chi connectivity index (χ4n) is 2.01. The molecule has 0 saturated carbocycles. The number of carbonyl (C=O) groups is 4. The van der Waals surface area contributed by atoms with Crippen molar-refractivity contribution < 1.29 is 56.0 Å². The van der Waals surface area contributed by atoms with Gasteiger partial charge in [-0.2, -0.15) is 0 Å². The third-order valence-electron chi connectivity index (χ3n) is 3.81. The van der Waals surface area contributed by atoms with E-state index in [1.807, 2.05) is 41.5 Å². The molecule has 0 aliphatic rings. The molecule has 0 aromatic rings. The van der Waals surface area contributed by atoms with Crippen LogP contribution in [0, 0.1) is 11.8 Å². The molecule has 0 rings (SSSR count). The Morgan fingerprint density at radius 1 is 0.710 bits per heavy atom. The van der Waals surface area contributed by atoms with Crippen molar-refractivity contribution in [3.8, 4) is 0 Å². The van der Waals surface area contributed by atoms with Gasteiger partial charge in [-0.15, -0.1) is 0 Å². The van der Waals surface area contributed by atoms with Gasteiger partial charge in [-0.25, -0.2) is 0 Å². The van der Waals surface area contributed by atoms with E-state index in [1.54, 1.807) is 0 Å². The number of hydrogen-bond acceptors (Lipinski definition) is 8. The smallest absolute Gasteiger partial charge is 0.138 e. The van der Waals surface area contributed by atoms with E-state index in [0.717, 1.165) is 25.7 Å². The molecule has 2 unspecified atom stereocenters. The number of hydrogen-bond donors (Lipinski definition) is 0. The number of carboxylic acids is 2. The van der Waals surface area contributed by atoms with Gasteiger partial charge in [0.1, 0.15) is 11.6 Å². The summed E-state index contributed by atoms with van der Waals surface area (Å²) in [6, 6.07) is 0. The molecule has 9 heteroatoms. The van der Waals surface area contributed by atoms with E-state index in [-0.39, 0.29) is 11.6 Å². The minimum atomic E-state index is -1.24. The Kier molecular flexibility index (Phi) is 24.6. The summed E-state index contributed by atoms with van der Waals surface area (Å²) < 4.78 is 10.5. The van der Waals surface area contributed by atoms with Gasteiger partial charge >= 0.3 is 66.5 Å². The molecule has 0 saturated heterocycles. The molecule has 0 N–H and O–H groups in total. The quantitative estimate of drug-likeness (QED) is 0.272. The van der Waals surface area contributed by atoms with Gasteiger partial charge in [0.15, 0.2) is 0 Å². The average molecular weight is 480 g/mol. The summed E-state index contributed by atoms with van der Waals surface area (Å²) in [4.78, 5) is 42.0. The topological polar surface area (TPSA) is 133 Å². The molecule has 0 fully saturated rings. The first kappa shape index (κ1) is 34.5. The van der Waals surface area contributed by atoms with Crippen molar-refractivity contribution in [3.05, 3.63) is 0 Å². The molecular weight excluding hydrogens is 440 g/mol. The fraction of sp³-hybridized carbons (Fsp3) is 0.818. The first-order chi connectivity index (χ1) is 14.3. The zero-order valence-electron chi connectivity index (χ0n) is 20.3. The first-order valence-corrected chi connectivity index (χ1v) is 12.1. The Hall–Kier alpha value is -1.09. The Morgan fingerprint density at radius 3 is 1.16 bits per heavy atom. The Balaban J connectivity index is -0.000000382. The van der Waals surface area contributed by atoms with E-state index < -0.39 is 43.7 Å². The molecule has 0 aromatic heterocycles.